The normalized spacial score (nSPS) is 19.1. The van der Waals surface area contributed by atoms with Gasteiger partial charge in [0.15, 0.2) is 0 Å². The lowest BCUT2D eigenvalue weighted by Crippen LogP contribution is -2.38. The van der Waals surface area contributed by atoms with Gasteiger partial charge in [-0.05, 0) is 17.0 Å². The summed E-state index contributed by atoms with van der Waals surface area (Å²) in [5.74, 6) is -0.640. The molecule has 1 atom stereocenters. The van der Waals surface area contributed by atoms with Crippen molar-refractivity contribution in [2.24, 2.45) is 5.92 Å². The minimum atomic E-state index is -0.745. The molecule has 0 saturated carbocycles. The van der Waals surface area contributed by atoms with Crippen LogP contribution in [0.5, 0.6) is 0 Å². The van der Waals surface area contributed by atoms with Crippen LogP contribution in [0.3, 0.4) is 0 Å². The lowest BCUT2D eigenvalue weighted by Gasteiger charge is -2.32. The van der Waals surface area contributed by atoms with E-state index >= 15 is 0 Å². The van der Waals surface area contributed by atoms with Gasteiger partial charge in [-0.15, -0.1) is 0 Å². The van der Waals surface area contributed by atoms with Crippen molar-refractivity contribution in [1.29, 1.82) is 0 Å². The van der Waals surface area contributed by atoms with Gasteiger partial charge >= 0.3 is 5.97 Å². The van der Waals surface area contributed by atoms with Crippen molar-refractivity contribution in [3.05, 3.63) is 35.4 Å². The van der Waals surface area contributed by atoms with Gasteiger partial charge in [-0.1, -0.05) is 38.1 Å². The molecule has 0 bridgehead atoms. The quantitative estimate of drug-likeness (QED) is 0.811. The first kappa shape index (κ1) is 15.0. The third kappa shape index (κ3) is 3.81. The minimum absolute atomic E-state index is 0.426. The molecule has 1 aliphatic rings. The fourth-order valence-corrected chi connectivity index (χ4v) is 2.57. The Balaban J connectivity index is 1.96. The topological polar surface area (TPSA) is 49.8 Å². The van der Waals surface area contributed by atoms with Crippen molar-refractivity contribution < 1.29 is 14.6 Å². The number of fused-ring (bicyclic) bond motifs is 1. The van der Waals surface area contributed by atoms with Crippen molar-refractivity contribution in [3.63, 3.8) is 0 Å². The summed E-state index contributed by atoms with van der Waals surface area (Å²) in [6, 6.07) is 7.83. The molecule has 0 fully saturated rings. The molecule has 1 heterocycles. The van der Waals surface area contributed by atoms with Gasteiger partial charge in [0.25, 0.3) is 0 Å². The maximum atomic E-state index is 11.4. The molecule has 0 saturated heterocycles. The Labute approximate surface area is 120 Å². The summed E-state index contributed by atoms with van der Waals surface area (Å²) in [4.78, 5) is 13.6. The largest absolute Gasteiger partial charge is 0.481 e. The highest BCUT2D eigenvalue weighted by Crippen LogP contribution is 2.28. The van der Waals surface area contributed by atoms with Gasteiger partial charge in [-0.25, -0.2) is 0 Å². The highest BCUT2D eigenvalue weighted by molar-refractivity contribution is 5.77. The molecular formula is C16H23NO3. The Morgan fingerprint density at radius 1 is 1.45 bits per heavy atom. The fraction of sp³-hybridized carbons (Fsp3) is 0.562. The molecule has 4 heteroatoms. The van der Waals surface area contributed by atoms with Crippen LogP contribution in [0.25, 0.3) is 0 Å². The Kier molecular flexibility index (Phi) is 5.15. The van der Waals surface area contributed by atoms with Gasteiger partial charge in [-0.3, -0.25) is 9.69 Å². The number of rotatable bonds is 6. The van der Waals surface area contributed by atoms with Crippen molar-refractivity contribution in [3.8, 4) is 0 Å². The van der Waals surface area contributed by atoms with Crippen LogP contribution < -0.4 is 0 Å². The first-order chi connectivity index (χ1) is 9.58. The van der Waals surface area contributed by atoms with E-state index in [9.17, 15) is 9.90 Å². The number of ether oxygens (including phenoxy) is 1. The van der Waals surface area contributed by atoms with Crippen molar-refractivity contribution in [2.75, 3.05) is 26.3 Å². The number of carboxylic acid groups (broad SMARTS) is 1. The molecule has 0 aromatic heterocycles. The molecule has 110 valence electrons. The van der Waals surface area contributed by atoms with Crippen LogP contribution in [0.1, 0.15) is 30.9 Å². The van der Waals surface area contributed by atoms with Gasteiger partial charge in [0, 0.05) is 26.2 Å². The second kappa shape index (κ2) is 6.86. The van der Waals surface area contributed by atoms with Crippen LogP contribution in [0, 0.1) is 5.92 Å². The van der Waals surface area contributed by atoms with E-state index in [1.54, 1.807) is 0 Å². The first-order valence-corrected chi connectivity index (χ1v) is 7.18. The van der Waals surface area contributed by atoms with Crippen LogP contribution in [0.2, 0.25) is 0 Å². The number of carbonyl (C=O) groups is 1. The molecular weight excluding hydrogens is 254 g/mol. The number of aliphatic carboxylic acids is 1. The molecule has 0 amide bonds. The average Bonchev–Trinajstić information content (AvgIpc) is 2.42. The van der Waals surface area contributed by atoms with E-state index in [0.29, 0.717) is 19.1 Å². The summed E-state index contributed by atoms with van der Waals surface area (Å²) >= 11 is 0. The molecule has 4 nitrogen and oxygen atoms in total. The number of carboxylic acids is 1. The zero-order valence-corrected chi connectivity index (χ0v) is 12.2. The molecule has 0 aliphatic carbocycles. The van der Waals surface area contributed by atoms with Crippen molar-refractivity contribution in [2.45, 2.75) is 26.3 Å². The molecule has 1 aromatic carbocycles. The SMILES string of the molecule is CC(C)COCCN1Cc2ccccc2C(C(=O)O)C1. The Morgan fingerprint density at radius 3 is 2.90 bits per heavy atom. The zero-order chi connectivity index (χ0) is 14.5. The standard InChI is InChI=1S/C16H23NO3/c1-12(2)11-20-8-7-17-9-13-5-3-4-6-14(13)15(10-17)16(18)19/h3-6,12,15H,7-11H2,1-2H3,(H,18,19). The van der Waals surface area contributed by atoms with E-state index in [2.05, 4.69) is 18.7 Å². The third-order valence-electron chi connectivity index (χ3n) is 3.57. The molecule has 2 rings (SSSR count). The van der Waals surface area contributed by atoms with Gasteiger partial charge in [0.05, 0.1) is 12.5 Å². The van der Waals surface area contributed by atoms with E-state index in [1.165, 1.54) is 0 Å². The first-order valence-electron chi connectivity index (χ1n) is 7.18. The summed E-state index contributed by atoms with van der Waals surface area (Å²) in [7, 11) is 0. The van der Waals surface area contributed by atoms with E-state index in [0.717, 1.165) is 30.8 Å². The van der Waals surface area contributed by atoms with Crippen LogP contribution >= 0.6 is 0 Å². The van der Waals surface area contributed by atoms with E-state index in [-0.39, 0.29) is 0 Å². The fourth-order valence-electron chi connectivity index (χ4n) is 2.57. The summed E-state index contributed by atoms with van der Waals surface area (Å²) < 4.78 is 5.59. The second-order valence-electron chi connectivity index (χ2n) is 5.79. The third-order valence-corrected chi connectivity index (χ3v) is 3.57. The van der Waals surface area contributed by atoms with Gasteiger partial charge in [-0.2, -0.15) is 0 Å². The predicted molar refractivity (Wildman–Crippen MR) is 77.8 cm³/mol. The van der Waals surface area contributed by atoms with E-state index < -0.39 is 11.9 Å². The number of nitrogens with zero attached hydrogens (tertiary/aromatic N) is 1. The van der Waals surface area contributed by atoms with Gasteiger partial charge in [0.1, 0.15) is 0 Å². The van der Waals surface area contributed by atoms with Crippen molar-refractivity contribution >= 4 is 5.97 Å². The molecule has 20 heavy (non-hydrogen) atoms. The van der Waals surface area contributed by atoms with Crippen LogP contribution in [-0.2, 0) is 16.1 Å². The number of benzene rings is 1. The number of hydrogen-bond donors (Lipinski definition) is 1. The van der Waals surface area contributed by atoms with Gasteiger partial charge in [0.2, 0.25) is 0 Å². The Bertz CT molecular complexity index is 459. The summed E-state index contributed by atoms with van der Waals surface area (Å²) in [6.45, 7) is 7.82. The lowest BCUT2D eigenvalue weighted by atomic mass is 9.90. The lowest BCUT2D eigenvalue weighted by molar-refractivity contribution is -0.139. The van der Waals surface area contributed by atoms with Crippen LogP contribution in [0.4, 0.5) is 0 Å². The van der Waals surface area contributed by atoms with Gasteiger partial charge < -0.3 is 9.84 Å². The zero-order valence-electron chi connectivity index (χ0n) is 12.2. The van der Waals surface area contributed by atoms with Crippen LogP contribution in [0.15, 0.2) is 24.3 Å². The molecule has 0 spiro atoms. The van der Waals surface area contributed by atoms with Crippen LogP contribution in [-0.4, -0.2) is 42.3 Å². The average molecular weight is 277 g/mol. The molecule has 1 unspecified atom stereocenters. The highest BCUT2D eigenvalue weighted by atomic mass is 16.5. The van der Waals surface area contributed by atoms with E-state index in [4.69, 9.17) is 4.74 Å². The maximum Gasteiger partial charge on any atom is 0.312 e. The monoisotopic (exact) mass is 277 g/mol. The molecule has 1 N–H and O–H groups in total. The minimum Gasteiger partial charge on any atom is -0.481 e. The summed E-state index contributed by atoms with van der Waals surface area (Å²) in [6.07, 6.45) is 0. The maximum absolute atomic E-state index is 11.4. The smallest absolute Gasteiger partial charge is 0.312 e. The van der Waals surface area contributed by atoms with Crippen molar-refractivity contribution in [1.82, 2.24) is 4.90 Å². The second-order valence-corrected chi connectivity index (χ2v) is 5.79. The summed E-state index contributed by atoms with van der Waals surface area (Å²) in [5.41, 5.74) is 2.08. The molecule has 0 radical (unpaired) electrons. The Morgan fingerprint density at radius 2 is 2.20 bits per heavy atom. The predicted octanol–water partition coefficient (Wildman–Crippen LogP) is 2.34. The molecule has 1 aromatic rings. The molecule has 1 aliphatic heterocycles. The van der Waals surface area contributed by atoms with E-state index in [1.807, 2.05) is 24.3 Å². The Hall–Kier alpha value is -1.39. The highest BCUT2D eigenvalue weighted by Gasteiger charge is 2.29. The number of hydrogen-bond acceptors (Lipinski definition) is 3. The summed E-state index contributed by atoms with van der Waals surface area (Å²) in [5, 5.41) is 9.39.